The zero-order valence-electron chi connectivity index (χ0n) is 19.9. The number of hydrogen-bond acceptors (Lipinski definition) is 6. The minimum atomic E-state index is -0.439. The molecule has 0 saturated carbocycles. The van der Waals surface area contributed by atoms with Gasteiger partial charge >= 0.3 is 0 Å². The quantitative estimate of drug-likeness (QED) is 0.556. The number of piperidine rings is 1. The van der Waals surface area contributed by atoms with E-state index >= 15 is 0 Å². The molecule has 1 N–H and O–H groups in total. The smallest absolute Gasteiger partial charge is 0.258 e. The largest absolute Gasteiger partial charge is 0.489 e. The summed E-state index contributed by atoms with van der Waals surface area (Å²) in [6.07, 6.45) is 2.23. The number of aliphatic hydroxyl groups excluding tert-OH is 1. The Balaban J connectivity index is 1.33. The number of rotatable bonds is 6. The van der Waals surface area contributed by atoms with Gasteiger partial charge in [-0.3, -0.25) is 4.79 Å². The minimum Gasteiger partial charge on any atom is -0.489 e. The number of benzene rings is 1. The van der Waals surface area contributed by atoms with Gasteiger partial charge in [0, 0.05) is 37.9 Å². The minimum absolute atomic E-state index is 0.0892. The number of carbonyl (C=O) groups excluding carboxylic acids is 1. The fourth-order valence-electron chi connectivity index (χ4n) is 4.92. The van der Waals surface area contributed by atoms with Crippen LogP contribution in [0, 0.1) is 19.7 Å². The average Bonchev–Trinajstić information content (AvgIpc) is 3.41. The first-order valence-corrected chi connectivity index (χ1v) is 12.4. The number of likely N-dealkylation sites (tertiary alicyclic amines) is 1. The van der Waals surface area contributed by atoms with Gasteiger partial charge in [0.05, 0.1) is 40.8 Å². The number of aliphatic hydroxyl groups is 1. The van der Waals surface area contributed by atoms with E-state index in [9.17, 15) is 9.18 Å². The number of halogens is 2. The van der Waals surface area contributed by atoms with E-state index < -0.39 is 5.82 Å². The second-order valence-electron chi connectivity index (χ2n) is 9.29. The van der Waals surface area contributed by atoms with Gasteiger partial charge in [-0.25, -0.2) is 13.9 Å². The van der Waals surface area contributed by atoms with E-state index in [4.69, 9.17) is 21.4 Å². The van der Waals surface area contributed by atoms with Crippen LogP contribution in [0.3, 0.4) is 0 Å². The molecular weight excluding hydrogens is 473 g/mol. The lowest BCUT2D eigenvalue weighted by molar-refractivity contribution is 0.0725. The van der Waals surface area contributed by atoms with Crippen molar-refractivity contribution < 1.29 is 19.0 Å². The molecule has 1 saturated heterocycles. The molecule has 1 fully saturated rings. The van der Waals surface area contributed by atoms with Crippen molar-refractivity contribution in [2.45, 2.75) is 52.3 Å². The van der Waals surface area contributed by atoms with Crippen molar-refractivity contribution in [3.05, 3.63) is 57.2 Å². The zero-order chi connectivity index (χ0) is 24.7. The molecule has 3 aromatic rings. The normalized spacial score (nSPS) is 16.8. The van der Waals surface area contributed by atoms with Crippen molar-refractivity contribution in [1.82, 2.24) is 24.4 Å². The average molecular weight is 502 g/mol. The lowest BCUT2D eigenvalue weighted by Crippen LogP contribution is -2.39. The van der Waals surface area contributed by atoms with Crippen molar-refractivity contribution in [1.29, 1.82) is 0 Å². The molecule has 8 nitrogen and oxygen atoms in total. The van der Waals surface area contributed by atoms with Crippen molar-refractivity contribution in [2.24, 2.45) is 0 Å². The van der Waals surface area contributed by atoms with E-state index in [1.54, 1.807) is 9.42 Å². The number of fused-ring (bicyclic) bond motifs is 3. The standard InChI is InChI=1S/C25H29ClFN5O3/c1-15-23(26)16(2)32-24(28-15)20-13-31(14-21(20)29-32)25(34)19-5-4-17(27)12-22(19)35-18-6-9-30(10-7-18)8-3-11-33/h4-5,12,18,33H,3,6-11,13-14H2,1-2H3. The third kappa shape index (κ3) is 4.60. The van der Waals surface area contributed by atoms with Crippen LogP contribution >= 0.6 is 11.6 Å². The van der Waals surface area contributed by atoms with Crippen LogP contribution in [0.4, 0.5) is 4.39 Å². The molecule has 0 aliphatic carbocycles. The lowest BCUT2D eigenvalue weighted by Gasteiger charge is -2.32. The maximum absolute atomic E-state index is 14.1. The number of hydrogen-bond donors (Lipinski definition) is 1. The summed E-state index contributed by atoms with van der Waals surface area (Å²) in [7, 11) is 0. The molecule has 2 aliphatic heterocycles. The Hall–Kier alpha value is -2.75. The predicted molar refractivity (Wildman–Crippen MR) is 129 cm³/mol. The molecule has 4 heterocycles. The van der Waals surface area contributed by atoms with Crippen molar-refractivity contribution >= 4 is 23.2 Å². The Bertz CT molecular complexity index is 1270. The van der Waals surface area contributed by atoms with Crippen LogP contribution in [-0.2, 0) is 13.1 Å². The van der Waals surface area contributed by atoms with Gasteiger partial charge < -0.3 is 19.6 Å². The van der Waals surface area contributed by atoms with E-state index in [2.05, 4.69) is 15.0 Å². The molecule has 186 valence electrons. The van der Waals surface area contributed by atoms with Gasteiger partial charge in [-0.1, -0.05) is 11.6 Å². The highest BCUT2D eigenvalue weighted by molar-refractivity contribution is 6.31. The molecule has 5 rings (SSSR count). The second-order valence-corrected chi connectivity index (χ2v) is 9.67. The topological polar surface area (TPSA) is 83.2 Å². The summed E-state index contributed by atoms with van der Waals surface area (Å²) < 4.78 is 22.0. The summed E-state index contributed by atoms with van der Waals surface area (Å²) in [6.45, 7) is 7.19. The molecule has 2 aliphatic rings. The molecular formula is C25H29ClFN5O3. The summed E-state index contributed by atoms with van der Waals surface area (Å²) in [5.74, 6) is -0.385. The summed E-state index contributed by atoms with van der Waals surface area (Å²) in [6, 6.07) is 4.09. The van der Waals surface area contributed by atoms with Crippen molar-refractivity contribution in [2.75, 3.05) is 26.2 Å². The van der Waals surface area contributed by atoms with Gasteiger partial charge in [0.25, 0.3) is 5.91 Å². The number of amides is 1. The van der Waals surface area contributed by atoms with Crippen molar-refractivity contribution in [3.8, 4) is 5.75 Å². The molecule has 35 heavy (non-hydrogen) atoms. The fourth-order valence-corrected chi connectivity index (χ4v) is 5.04. The molecule has 2 aromatic heterocycles. The zero-order valence-corrected chi connectivity index (χ0v) is 20.7. The van der Waals surface area contributed by atoms with Crippen LogP contribution in [0.15, 0.2) is 18.2 Å². The number of carbonyl (C=O) groups is 1. The van der Waals surface area contributed by atoms with Crippen LogP contribution in [0.5, 0.6) is 5.75 Å². The van der Waals surface area contributed by atoms with Crippen LogP contribution in [0.1, 0.15) is 52.3 Å². The molecule has 10 heteroatoms. The Kier molecular flexibility index (Phi) is 6.65. The fraction of sp³-hybridized carbons (Fsp3) is 0.480. The molecule has 1 aromatic carbocycles. The maximum Gasteiger partial charge on any atom is 0.258 e. The Morgan fingerprint density at radius 3 is 2.77 bits per heavy atom. The highest BCUT2D eigenvalue weighted by atomic mass is 35.5. The molecule has 1 amide bonds. The van der Waals surface area contributed by atoms with Crippen LogP contribution in [-0.4, -0.2) is 67.8 Å². The third-order valence-corrected chi connectivity index (χ3v) is 7.42. The lowest BCUT2D eigenvalue weighted by atomic mass is 10.1. The number of aryl methyl sites for hydroxylation is 2. The number of aromatic nitrogens is 3. The van der Waals surface area contributed by atoms with Crippen LogP contribution < -0.4 is 4.74 Å². The molecule has 0 bridgehead atoms. The summed E-state index contributed by atoms with van der Waals surface area (Å²) in [5, 5.41) is 14.3. The first-order chi connectivity index (χ1) is 16.9. The second kappa shape index (κ2) is 9.72. The van der Waals surface area contributed by atoms with E-state index in [1.165, 1.54) is 18.2 Å². The molecule has 0 spiro atoms. The first kappa shape index (κ1) is 24.0. The Morgan fingerprint density at radius 1 is 1.26 bits per heavy atom. The monoisotopic (exact) mass is 501 g/mol. The SMILES string of the molecule is Cc1nc2c3c(nn2c(C)c1Cl)CN(C(=O)c1ccc(F)cc1OC1CCN(CCCO)CC1)C3. The Labute approximate surface area is 208 Å². The van der Waals surface area contributed by atoms with Crippen LogP contribution in [0.2, 0.25) is 5.02 Å². The summed E-state index contributed by atoms with van der Waals surface area (Å²) in [5.41, 5.74) is 4.29. The Morgan fingerprint density at radius 2 is 2.03 bits per heavy atom. The van der Waals surface area contributed by atoms with E-state index in [0.717, 1.165) is 61.5 Å². The van der Waals surface area contributed by atoms with Crippen LogP contribution in [0.25, 0.3) is 5.65 Å². The van der Waals surface area contributed by atoms with Gasteiger partial charge in [0.15, 0.2) is 5.65 Å². The van der Waals surface area contributed by atoms with E-state index in [0.29, 0.717) is 29.3 Å². The van der Waals surface area contributed by atoms with Gasteiger partial charge in [-0.2, -0.15) is 5.10 Å². The molecule has 0 atom stereocenters. The van der Waals surface area contributed by atoms with Gasteiger partial charge in [-0.05, 0) is 45.2 Å². The maximum atomic E-state index is 14.1. The summed E-state index contributed by atoms with van der Waals surface area (Å²) in [4.78, 5) is 22.1. The third-order valence-electron chi connectivity index (χ3n) is 6.88. The van der Waals surface area contributed by atoms with Gasteiger partial charge in [0.1, 0.15) is 17.7 Å². The highest BCUT2D eigenvalue weighted by Gasteiger charge is 2.32. The van der Waals surface area contributed by atoms with Gasteiger partial charge in [-0.15, -0.1) is 0 Å². The highest BCUT2D eigenvalue weighted by Crippen LogP contribution is 2.32. The number of ether oxygens (including phenoxy) is 1. The predicted octanol–water partition coefficient (Wildman–Crippen LogP) is 3.52. The van der Waals surface area contributed by atoms with Crippen molar-refractivity contribution in [3.63, 3.8) is 0 Å². The van der Waals surface area contributed by atoms with Gasteiger partial charge in [0.2, 0.25) is 0 Å². The molecule has 0 unspecified atom stereocenters. The van der Waals surface area contributed by atoms with E-state index in [1.807, 2.05) is 13.8 Å². The number of nitrogens with zero attached hydrogens (tertiary/aromatic N) is 5. The molecule has 0 radical (unpaired) electrons. The summed E-state index contributed by atoms with van der Waals surface area (Å²) >= 11 is 6.33. The first-order valence-electron chi connectivity index (χ1n) is 12.0. The van der Waals surface area contributed by atoms with E-state index in [-0.39, 0.29) is 24.4 Å².